The van der Waals surface area contributed by atoms with Gasteiger partial charge in [0.05, 0.1) is 12.5 Å². The van der Waals surface area contributed by atoms with Gasteiger partial charge in [0.15, 0.2) is 0 Å². The van der Waals surface area contributed by atoms with Crippen molar-refractivity contribution in [2.45, 2.75) is 19.4 Å². The summed E-state index contributed by atoms with van der Waals surface area (Å²) in [4.78, 5) is 19.8. The summed E-state index contributed by atoms with van der Waals surface area (Å²) < 4.78 is 6.45. The Balaban J connectivity index is 1.24. The number of piperidine rings is 1. The molecule has 3 aromatic carbocycles. The minimum Gasteiger partial charge on any atom is -0.338 e. The molecule has 1 atom stereocenters. The number of halogens is 1. The van der Waals surface area contributed by atoms with E-state index < -0.39 is 0 Å². The molecule has 1 aliphatic heterocycles. The van der Waals surface area contributed by atoms with E-state index in [1.54, 1.807) is 0 Å². The lowest BCUT2D eigenvalue weighted by Crippen LogP contribution is -2.40. The number of likely N-dealkylation sites (tertiary alicyclic amines) is 1. The highest BCUT2D eigenvalue weighted by molar-refractivity contribution is 9.10. The van der Waals surface area contributed by atoms with Crippen molar-refractivity contribution in [2.24, 2.45) is 5.92 Å². The van der Waals surface area contributed by atoms with Gasteiger partial charge in [-0.3, -0.25) is 9.69 Å². The van der Waals surface area contributed by atoms with Gasteiger partial charge in [0.25, 0.3) is 0 Å². The zero-order valence-corrected chi connectivity index (χ0v) is 19.1. The maximum Gasteiger partial charge on any atom is 0.241 e. The molecule has 0 radical (unpaired) electrons. The lowest BCUT2D eigenvalue weighted by atomic mass is 9.96. The molecule has 1 N–H and O–H groups in total. The monoisotopic (exact) mass is 490 g/mol. The molecule has 162 valence electrons. The fourth-order valence-corrected chi connectivity index (χ4v) is 4.64. The number of nitrogens with one attached hydrogen (secondary N) is 1. The second-order valence-electron chi connectivity index (χ2n) is 8.11. The predicted octanol–water partition coefficient (Wildman–Crippen LogP) is 5.50. The summed E-state index contributed by atoms with van der Waals surface area (Å²) in [6.45, 7) is 2.12. The molecule has 0 saturated carbocycles. The van der Waals surface area contributed by atoms with Crippen LogP contribution in [-0.4, -0.2) is 34.0 Å². The van der Waals surface area contributed by atoms with Gasteiger partial charge in [-0.1, -0.05) is 69.6 Å². The number of fused-ring (bicyclic) bond motifs is 1. The third-order valence-electron chi connectivity index (χ3n) is 5.83. The van der Waals surface area contributed by atoms with E-state index in [2.05, 4.69) is 48.4 Å². The molecule has 6 nitrogen and oxygen atoms in total. The number of carbonyl (C=O) groups excluding carboxylic acids is 1. The van der Waals surface area contributed by atoms with Gasteiger partial charge in [0.2, 0.25) is 17.6 Å². The summed E-state index contributed by atoms with van der Waals surface area (Å²) in [5.74, 6) is 1.13. The number of carbonyl (C=O) groups is 1. The largest absolute Gasteiger partial charge is 0.338 e. The minimum absolute atomic E-state index is 0.0615. The minimum atomic E-state index is -0.0739. The number of hydrogen-bond donors (Lipinski definition) is 1. The van der Waals surface area contributed by atoms with E-state index in [1.807, 2.05) is 54.6 Å². The van der Waals surface area contributed by atoms with Crippen molar-refractivity contribution in [2.75, 3.05) is 18.4 Å². The number of hydrogen-bond acceptors (Lipinski definition) is 5. The van der Waals surface area contributed by atoms with Crippen molar-refractivity contribution in [3.05, 3.63) is 77.1 Å². The molecule has 32 heavy (non-hydrogen) atoms. The van der Waals surface area contributed by atoms with Gasteiger partial charge in [-0.05, 0) is 43.0 Å². The van der Waals surface area contributed by atoms with Gasteiger partial charge in [-0.2, -0.15) is 4.98 Å². The van der Waals surface area contributed by atoms with Crippen LogP contribution in [-0.2, 0) is 11.3 Å². The number of amides is 1. The molecule has 2 heterocycles. The van der Waals surface area contributed by atoms with Crippen LogP contribution in [0.3, 0.4) is 0 Å². The Kier molecular flexibility index (Phi) is 6.01. The molecule has 1 aliphatic rings. The van der Waals surface area contributed by atoms with E-state index in [0.717, 1.165) is 45.9 Å². The molecule has 7 heteroatoms. The molecular weight excluding hydrogens is 468 g/mol. The molecule has 0 spiro atoms. The van der Waals surface area contributed by atoms with Crippen molar-refractivity contribution in [1.82, 2.24) is 15.0 Å². The second kappa shape index (κ2) is 9.22. The molecule has 4 aromatic rings. The summed E-state index contributed by atoms with van der Waals surface area (Å²) >= 11 is 3.47. The third-order valence-corrected chi connectivity index (χ3v) is 6.33. The topological polar surface area (TPSA) is 71.3 Å². The molecular formula is C25H23BrN4O2. The van der Waals surface area contributed by atoms with Crippen LogP contribution in [0.1, 0.15) is 18.7 Å². The Labute approximate surface area is 194 Å². The fourth-order valence-electron chi connectivity index (χ4n) is 4.24. The van der Waals surface area contributed by atoms with Crippen LogP contribution in [0.5, 0.6) is 0 Å². The van der Waals surface area contributed by atoms with Gasteiger partial charge < -0.3 is 9.84 Å². The average Bonchev–Trinajstić information content (AvgIpc) is 3.28. The first kappa shape index (κ1) is 20.8. The van der Waals surface area contributed by atoms with E-state index in [-0.39, 0.29) is 11.8 Å². The van der Waals surface area contributed by atoms with Gasteiger partial charge in [-0.15, -0.1) is 0 Å². The summed E-state index contributed by atoms with van der Waals surface area (Å²) in [7, 11) is 0. The summed E-state index contributed by atoms with van der Waals surface area (Å²) in [5.41, 5.74) is 1.76. The van der Waals surface area contributed by atoms with Crippen LogP contribution in [0.4, 0.5) is 5.69 Å². The molecule has 5 rings (SSSR count). The average molecular weight is 491 g/mol. The standard InChI is InChI=1S/C25H23BrN4O2/c26-20-10-3-8-18(14-20)24-28-23(32-29-24)16-30-13-5-9-19(15-30)25(31)27-22-12-4-7-17-6-1-2-11-21(17)22/h1-4,6-8,10-12,14,19H,5,9,13,15-16H2,(H,27,31). The predicted molar refractivity (Wildman–Crippen MR) is 128 cm³/mol. The van der Waals surface area contributed by atoms with Crippen LogP contribution in [0.15, 0.2) is 75.7 Å². The maximum atomic E-state index is 13.0. The van der Waals surface area contributed by atoms with Gasteiger partial charge in [0.1, 0.15) is 0 Å². The number of rotatable bonds is 5. The SMILES string of the molecule is O=C(Nc1cccc2ccccc12)C1CCCN(Cc2nc(-c3cccc(Br)c3)no2)C1. The lowest BCUT2D eigenvalue weighted by Gasteiger charge is -2.31. The second-order valence-corrected chi connectivity index (χ2v) is 9.03. The highest BCUT2D eigenvalue weighted by atomic mass is 79.9. The Morgan fingerprint density at radius 3 is 2.88 bits per heavy atom. The Hall–Kier alpha value is -3.03. The molecule has 1 aromatic heterocycles. The van der Waals surface area contributed by atoms with Crippen LogP contribution >= 0.6 is 15.9 Å². The van der Waals surface area contributed by atoms with Crippen molar-refractivity contribution in [1.29, 1.82) is 0 Å². The molecule has 1 fully saturated rings. The molecule has 1 saturated heterocycles. The summed E-state index contributed by atoms with van der Waals surface area (Å²) in [6, 6.07) is 21.9. The van der Waals surface area contributed by atoms with Gasteiger partial charge >= 0.3 is 0 Å². The van der Waals surface area contributed by atoms with Crippen molar-refractivity contribution >= 4 is 38.3 Å². The first-order valence-electron chi connectivity index (χ1n) is 10.8. The van der Waals surface area contributed by atoms with Crippen LogP contribution in [0.25, 0.3) is 22.2 Å². The maximum absolute atomic E-state index is 13.0. The highest BCUT2D eigenvalue weighted by Crippen LogP contribution is 2.26. The smallest absolute Gasteiger partial charge is 0.241 e. The Bertz CT molecular complexity index is 1250. The Morgan fingerprint density at radius 1 is 1.12 bits per heavy atom. The van der Waals surface area contributed by atoms with E-state index in [4.69, 9.17) is 4.52 Å². The molecule has 0 aliphatic carbocycles. The highest BCUT2D eigenvalue weighted by Gasteiger charge is 2.27. The molecule has 0 bridgehead atoms. The number of aromatic nitrogens is 2. The van der Waals surface area contributed by atoms with Gasteiger partial charge in [0, 0.05) is 27.7 Å². The van der Waals surface area contributed by atoms with Gasteiger partial charge in [-0.25, -0.2) is 0 Å². The van der Waals surface area contributed by atoms with Crippen molar-refractivity contribution in [3.8, 4) is 11.4 Å². The van der Waals surface area contributed by atoms with E-state index in [9.17, 15) is 4.79 Å². The van der Waals surface area contributed by atoms with Crippen LogP contribution in [0.2, 0.25) is 0 Å². The van der Waals surface area contributed by atoms with E-state index >= 15 is 0 Å². The number of nitrogens with zero attached hydrogens (tertiary/aromatic N) is 3. The Morgan fingerprint density at radius 2 is 1.97 bits per heavy atom. The van der Waals surface area contributed by atoms with E-state index in [0.29, 0.717) is 24.8 Å². The quantitative estimate of drug-likeness (QED) is 0.399. The van der Waals surface area contributed by atoms with Crippen molar-refractivity contribution < 1.29 is 9.32 Å². The van der Waals surface area contributed by atoms with Crippen LogP contribution in [0, 0.1) is 5.92 Å². The number of benzene rings is 3. The summed E-state index contributed by atoms with van der Waals surface area (Å²) in [5, 5.41) is 9.44. The molecule has 1 amide bonds. The zero-order valence-electron chi connectivity index (χ0n) is 17.5. The summed E-state index contributed by atoms with van der Waals surface area (Å²) in [6.07, 6.45) is 1.83. The molecule has 1 unspecified atom stereocenters. The zero-order chi connectivity index (χ0) is 21.9. The first-order chi connectivity index (χ1) is 15.7. The fraction of sp³-hybridized carbons (Fsp3) is 0.240. The normalized spacial score (nSPS) is 16.8. The van der Waals surface area contributed by atoms with E-state index in [1.165, 1.54) is 0 Å². The van der Waals surface area contributed by atoms with Crippen molar-refractivity contribution in [3.63, 3.8) is 0 Å². The number of anilines is 1. The third kappa shape index (κ3) is 4.59. The first-order valence-corrected chi connectivity index (χ1v) is 11.5. The lowest BCUT2D eigenvalue weighted by molar-refractivity contribution is -0.121. The van der Waals surface area contributed by atoms with Crippen LogP contribution < -0.4 is 5.32 Å².